The van der Waals surface area contributed by atoms with Crippen LogP contribution in [0.3, 0.4) is 0 Å². The predicted octanol–water partition coefficient (Wildman–Crippen LogP) is 2.07. The van der Waals surface area contributed by atoms with E-state index < -0.39 is 0 Å². The molecule has 1 aromatic carbocycles. The fraction of sp³-hybridized carbons (Fsp3) is 0.333. The van der Waals surface area contributed by atoms with Crippen molar-refractivity contribution >= 4 is 16.9 Å². The Morgan fingerprint density at radius 3 is 2.95 bits per heavy atom. The van der Waals surface area contributed by atoms with E-state index >= 15 is 0 Å². The molecule has 0 amide bonds. The SMILES string of the molecule is NC1=NCC(c2ccc3ncccc3c2)N1C1CC1. The number of nitrogens with zero attached hydrogens (tertiary/aromatic N) is 3. The van der Waals surface area contributed by atoms with Crippen molar-refractivity contribution in [1.29, 1.82) is 0 Å². The van der Waals surface area contributed by atoms with Crippen LogP contribution in [0.4, 0.5) is 0 Å². The molecule has 1 aliphatic heterocycles. The molecule has 2 aliphatic rings. The van der Waals surface area contributed by atoms with Gasteiger partial charge in [0.05, 0.1) is 18.1 Å². The molecule has 1 fully saturated rings. The molecular formula is C15H16N4. The number of rotatable bonds is 2. The van der Waals surface area contributed by atoms with Crippen LogP contribution < -0.4 is 5.73 Å². The first-order valence-corrected chi connectivity index (χ1v) is 6.76. The predicted molar refractivity (Wildman–Crippen MR) is 75.8 cm³/mol. The second kappa shape index (κ2) is 3.95. The van der Waals surface area contributed by atoms with Crippen LogP contribution in [0.2, 0.25) is 0 Å². The highest BCUT2D eigenvalue weighted by Crippen LogP contribution is 2.37. The van der Waals surface area contributed by atoms with Gasteiger partial charge >= 0.3 is 0 Å². The van der Waals surface area contributed by atoms with Crippen LogP contribution in [0, 0.1) is 0 Å². The van der Waals surface area contributed by atoms with Crippen molar-refractivity contribution in [2.75, 3.05) is 6.54 Å². The van der Waals surface area contributed by atoms with Gasteiger partial charge in [0.25, 0.3) is 0 Å². The van der Waals surface area contributed by atoms with E-state index in [0.29, 0.717) is 18.0 Å². The first-order chi connectivity index (χ1) is 9.33. The van der Waals surface area contributed by atoms with E-state index in [1.54, 1.807) is 0 Å². The van der Waals surface area contributed by atoms with Crippen LogP contribution in [0.5, 0.6) is 0 Å². The highest BCUT2D eigenvalue weighted by molar-refractivity contribution is 5.82. The smallest absolute Gasteiger partial charge is 0.192 e. The summed E-state index contributed by atoms with van der Waals surface area (Å²) < 4.78 is 0. The summed E-state index contributed by atoms with van der Waals surface area (Å²) in [5.41, 5.74) is 8.35. The van der Waals surface area contributed by atoms with E-state index in [9.17, 15) is 0 Å². The quantitative estimate of drug-likeness (QED) is 0.890. The van der Waals surface area contributed by atoms with Crippen LogP contribution in [0.1, 0.15) is 24.4 Å². The lowest BCUT2D eigenvalue weighted by Gasteiger charge is -2.26. The third kappa shape index (κ3) is 1.75. The molecule has 0 saturated heterocycles. The molecule has 4 rings (SSSR count). The summed E-state index contributed by atoms with van der Waals surface area (Å²) in [6.07, 6.45) is 4.30. The number of benzene rings is 1. The molecule has 2 N–H and O–H groups in total. The maximum Gasteiger partial charge on any atom is 0.192 e. The number of hydrogen-bond acceptors (Lipinski definition) is 4. The fourth-order valence-corrected chi connectivity index (χ4v) is 2.87. The van der Waals surface area contributed by atoms with Crippen molar-refractivity contribution in [3.63, 3.8) is 0 Å². The third-order valence-corrected chi connectivity index (χ3v) is 3.98. The minimum atomic E-state index is 0.303. The molecule has 0 bridgehead atoms. The summed E-state index contributed by atoms with van der Waals surface area (Å²) >= 11 is 0. The lowest BCUT2D eigenvalue weighted by molar-refractivity contribution is 0.338. The van der Waals surface area contributed by atoms with Crippen LogP contribution >= 0.6 is 0 Å². The number of hydrogen-bond donors (Lipinski definition) is 1. The zero-order chi connectivity index (χ0) is 12.8. The number of aromatic nitrogens is 1. The second-order valence-corrected chi connectivity index (χ2v) is 5.31. The van der Waals surface area contributed by atoms with Crippen LogP contribution in [0.15, 0.2) is 41.5 Å². The molecule has 96 valence electrons. The summed E-state index contributed by atoms with van der Waals surface area (Å²) in [6.45, 7) is 0.772. The molecule has 4 nitrogen and oxygen atoms in total. The number of fused-ring (bicyclic) bond motifs is 1. The van der Waals surface area contributed by atoms with E-state index in [1.807, 2.05) is 12.3 Å². The first kappa shape index (κ1) is 10.8. The average Bonchev–Trinajstić information content (AvgIpc) is 3.21. The molecule has 0 spiro atoms. The highest BCUT2D eigenvalue weighted by Gasteiger charge is 2.38. The molecule has 1 aliphatic carbocycles. The summed E-state index contributed by atoms with van der Waals surface area (Å²) in [5.74, 6) is 0.707. The van der Waals surface area contributed by atoms with Gasteiger partial charge in [0.1, 0.15) is 0 Å². The van der Waals surface area contributed by atoms with Gasteiger partial charge in [-0.05, 0) is 36.6 Å². The van der Waals surface area contributed by atoms with Gasteiger partial charge in [0, 0.05) is 17.6 Å². The molecule has 2 heterocycles. The van der Waals surface area contributed by atoms with Gasteiger partial charge in [0.2, 0.25) is 0 Å². The lowest BCUT2D eigenvalue weighted by Crippen LogP contribution is -2.37. The standard InChI is InChI=1S/C15H16N4/c16-15-18-9-14(19(15)12-4-5-12)11-3-6-13-10(8-11)2-1-7-17-13/h1-3,6-8,12,14H,4-5,9H2,(H2,16,18). The molecule has 2 aromatic rings. The second-order valence-electron chi connectivity index (χ2n) is 5.31. The maximum atomic E-state index is 6.02. The number of pyridine rings is 1. The monoisotopic (exact) mass is 252 g/mol. The Balaban J connectivity index is 1.74. The summed E-state index contributed by atoms with van der Waals surface area (Å²) in [4.78, 5) is 11.1. The van der Waals surface area contributed by atoms with Gasteiger partial charge in [-0.1, -0.05) is 12.1 Å². The Bertz CT molecular complexity index is 660. The molecule has 19 heavy (non-hydrogen) atoms. The van der Waals surface area contributed by atoms with E-state index in [4.69, 9.17) is 5.73 Å². The molecule has 0 radical (unpaired) electrons. The Morgan fingerprint density at radius 2 is 2.11 bits per heavy atom. The molecule has 1 saturated carbocycles. The Labute approximate surface area is 112 Å². The molecule has 1 unspecified atom stereocenters. The van der Waals surface area contributed by atoms with E-state index in [-0.39, 0.29) is 0 Å². The first-order valence-electron chi connectivity index (χ1n) is 6.76. The van der Waals surface area contributed by atoms with Gasteiger partial charge in [-0.2, -0.15) is 0 Å². The van der Waals surface area contributed by atoms with E-state index in [2.05, 4.69) is 39.1 Å². The van der Waals surface area contributed by atoms with Gasteiger partial charge in [-0.15, -0.1) is 0 Å². The van der Waals surface area contributed by atoms with Crippen molar-refractivity contribution in [2.45, 2.75) is 24.9 Å². The van der Waals surface area contributed by atoms with Gasteiger partial charge < -0.3 is 10.6 Å². The highest BCUT2D eigenvalue weighted by atomic mass is 15.4. The van der Waals surface area contributed by atoms with Crippen molar-refractivity contribution in [2.24, 2.45) is 10.7 Å². The summed E-state index contributed by atoms with van der Waals surface area (Å²) in [6, 6.07) is 11.4. The van der Waals surface area contributed by atoms with Crippen LogP contribution in [-0.2, 0) is 0 Å². The summed E-state index contributed by atoms with van der Waals surface area (Å²) in [7, 11) is 0. The number of aliphatic imine (C=N–C) groups is 1. The van der Waals surface area contributed by atoms with Crippen molar-refractivity contribution < 1.29 is 0 Å². The number of nitrogens with two attached hydrogens (primary N) is 1. The third-order valence-electron chi connectivity index (χ3n) is 3.98. The Kier molecular flexibility index (Phi) is 2.24. The lowest BCUT2D eigenvalue weighted by atomic mass is 10.0. The van der Waals surface area contributed by atoms with Gasteiger partial charge in [-0.25, -0.2) is 0 Å². The van der Waals surface area contributed by atoms with Gasteiger partial charge in [0.15, 0.2) is 5.96 Å². The van der Waals surface area contributed by atoms with Crippen molar-refractivity contribution in [3.05, 3.63) is 42.1 Å². The Morgan fingerprint density at radius 1 is 1.21 bits per heavy atom. The minimum Gasteiger partial charge on any atom is -0.370 e. The van der Waals surface area contributed by atoms with Gasteiger partial charge in [-0.3, -0.25) is 9.98 Å². The average molecular weight is 252 g/mol. The van der Waals surface area contributed by atoms with Crippen molar-refractivity contribution in [1.82, 2.24) is 9.88 Å². The fourth-order valence-electron chi connectivity index (χ4n) is 2.87. The molecular weight excluding hydrogens is 236 g/mol. The zero-order valence-electron chi connectivity index (χ0n) is 10.7. The topological polar surface area (TPSA) is 54.5 Å². The molecule has 4 heteroatoms. The normalized spacial score (nSPS) is 22.8. The van der Waals surface area contributed by atoms with E-state index in [0.717, 1.165) is 12.1 Å². The van der Waals surface area contributed by atoms with Crippen LogP contribution in [0.25, 0.3) is 10.9 Å². The maximum absolute atomic E-state index is 6.02. The van der Waals surface area contributed by atoms with E-state index in [1.165, 1.54) is 23.8 Å². The van der Waals surface area contributed by atoms with Crippen molar-refractivity contribution in [3.8, 4) is 0 Å². The summed E-state index contributed by atoms with van der Waals surface area (Å²) in [5, 5.41) is 1.18. The number of guanidine groups is 1. The molecule has 1 aromatic heterocycles. The zero-order valence-corrected chi connectivity index (χ0v) is 10.7. The Hall–Kier alpha value is -2.10. The largest absolute Gasteiger partial charge is 0.370 e. The molecule has 1 atom stereocenters. The van der Waals surface area contributed by atoms with Crippen LogP contribution in [-0.4, -0.2) is 28.4 Å². The minimum absolute atomic E-state index is 0.303.